The average molecular weight is 336 g/mol. The number of hydrogen-bond acceptors (Lipinski definition) is 7. The maximum absolute atomic E-state index is 12.2. The number of amidine groups is 1. The number of rotatable bonds is 2. The van der Waals surface area contributed by atoms with Crippen molar-refractivity contribution in [2.75, 3.05) is 31.1 Å². The van der Waals surface area contributed by atoms with Crippen LogP contribution in [0.5, 0.6) is 0 Å². The number of carbonyl (C=O) groups excluding carboxylic acids is 1. The quantitative estimate of drug-likeness (QED) is 0.358. The van der Waals surface area contributed by atoms with E-state index in [1.54, 1.807) is 17.2 Å². The summed E-state index contributed by atoms with van der Waals surface area (Å²) < 4.78 is 5.42. The van der Waals surface area contributed by atoms with Crippen LogP contribution >= 0.6 is 0 Å². The molecule has 9 nitrogen and oxygen atoms in total. The minimum absolute atomic E-state index is 0.137. The number of ether oxygens (including phenoxy) is 1. The van der Waals surface area contributed by atoms with Gasteiger partial charge in [-0.05, 0) is 33.3 Å². The van der Waals surface area contributed by atoms with Crippen molar-refractivity contribution < 1.29 is 14.7 Å². The molecular formula is C15H24N6O3. The van der Waals surface area contributed by atoms with Gasteiger partial charge in [0.15, 0.2) is 0 Å². The van der Waals surface area contributed by atoms with Crippen LogP contribution in [-0.4, -0.2) is 63.8 Å². The molecule has 9 heteroatoms. The summed E-state index contributed by atoms with van der Waals surface area (Å²) in [4.78, 5) is 24.2. The summed E-state index contributed by atoms with van der Waals surface area (Å²) in [6, 6.07) is 1.76. The SMILES string of the molecule is CC(C)(C)OC(=O)N1CCCN(c2ccnc(/C(N)=N/O)n2)CC1. The van der Waals surface area contributed by atoms with Gasteiger partial charge in [-0.15, -0.1) is 0 Å². The number of aromatic nitrogens is 2. The van der Waals surface area contributed by atoms with Gasteiger partial charge in [-0.25, -0.2) is 14.8 Å². The Balaban J connectivity index is 2.04. The van der Waals surface area contributed by atoms with E-state index in [1.807, 2.05) is 25.7 Å². The van der Waals surface area contributed by atoms with Gasteiger partial charge in [0, 0.05) is 32.4 Å². The zero-order chi connectivity index (χ0) is 17.7. The maximum Gasteiger partial charge on any atom is 0.410 e. The number of oxime groups is 1. The molecule has 0 aromatic carbocycles. The average Bonchev–Trinajstić information content (AvgIpc) is 2.79. The molecule has 0 atom stereocenters. The third kappa shape index (κ3) is 4.71. The smallest absolute Gasteiger partial charge is 0.410 e. The maximum atomic E-state index is 12.2. The zero-order valence-corrected chi connectivity index (χ0v) is 14.3. The Morgan fingerprint density at radius 2 is 2.08 bits per heavy atom. The van der Waals surface area contributed by atoms with E-state index in [9.17, 15) is 4.79 Å². The Bertz CT molecular complexity index is 613. The van der Waals surface area contributed by atoms with Crippen LogP contribution in [0.2, 0.25) is 0 Å². The predicted octanol–water partition coefficient (Wildman–Crippen LogP) is 1.02. The van der Waals surface area contributed by atoms with Gasteiger partial charge in [0.25, 0.3) is 0 Å². The first kappa shape index (κ1) is 17.8. The molecule has 0 unspecified atom stereocenters. The molecule has 1 aliphatic rings. The molecule has 1 saturated heterocycles. The zero-order valence-electron chi connectivity index (χ0n) is 14.3. The van der Waals surface area contributed by atoms with Crippen molar-refractivity contribution in [2.24, 2.45) is 10.9 Å². The molecule has 0 radical (unpaired) electrons. The molecule has 0 spiro atoms. The molecule has 2 heterocycles. The Morgan fingerprint density at radius 1 is 1.33 bits per heavy atom. The Morgan fingerprint density at radius 3 is 2.75 bits per heavy atom. The van der Waals surface area contributed by atoms with Crippen molar-refractivity contribution >= 4 is 17.7 Å². The lowest BCUT2D eigenvalue weighted by atomic mass is 10.2. The molecule has 0 bridgehead atoms. The highest BCUT2D eigenvalue weighted by molar-refractivity contribution is 5.93. The highest BCUT2D eigenvalue weighted by atomic mass is 16.6. The van der Waals surface area contributed by atoms with Crippen molar-refractivity contribution in [3.8, 4) is 0 Å². The van der Waals surface area contributed by atoms with Gasteiger partial charge in [0.05, 0.1) is 0 Å². The van der Waals surface area contributed by atoms with Crippen molar-refractivity contribution in [1.82, 2.24) is 14.9 Å². The topological polar surface area (TPSA) is 117 Å². The van der Waals surface area contributed by atoms with Gasteiger partial charge in [-0.2, -0.15) is 0 Å². The fraction of sp³-hybridized carbons (Fsp3) is 0.600. The first-order chi connectivity index (χ1) is 11.3. The molecule has 1 fully saturated rings. The van der Waals surface area contributed by atoms with Gasteiger partial charge in [-0.1, -0.05) is 5.16 Å². The van der Waals surface area contributed by atoms with Crippen molar-refractivity contribution in [3.05, 3.63) is 18.1 Å². The van der Waals surface area contributed by atoms with E-state index in [2.05, 4.69) is 15.1 Å². The van der Waals surface area contributed by atoms with Crippen LogP contribution in [0.15, 0.2) is 17.4 Å². The molecule has 1 aromatic heterocycles. The summed E-state index contributed by atoms with van der Waals surface area (Å²) in [6.07, 6.45) is 2.05. The van der Waals surface area contributed by atoms with E-state index < -0.39 is 5.60 Å². The summed E-state index contributed by atoms with van der Waals surface area (Å²) in [6.45, 7) is 8.08. The number of hydrogen-bond donors (Lipinski definition) is 2. The molecular weight excluding hydrogens is 312 g/mol. The van der Waals surface area contributed by atoms with Gasteiger partial charge in [0.2, 0.25) is 11.7 Å². The lowest BCUT2D eigenvalue weighted by Gasteiger charge is -2.26. The van der Waals surface area contributed by atoms with Crippen molar-refractivity contribution in [2.45, 2.75) is 32.8 Å². The van der Waals surface area contributed by atoms with Gasteiger partial charge < -0.3 is 25.5 Å². The second-order valence-electron chi connectivity index (χ2n) is 6.53. The molecule has 1 aromatic rings. The Hall–Kier alpha value is -2.58. The van der Waals surface area contributed by atoms with E-state index in [1.165, 1.54) is 0 Å². The molecule has 0 saturated carbocycles. The summed E-state index contributed by atoms with van der Waals surface area (Å²) >= 11 is 0. The van der Waals surface area contributed by atoms with E-state index in [4.69, 9.17) is 15.7 Å². The first-order valence-corrected chi connectivity index (χ1v) is 7.84. The Labute approximate surface area is 141 Å². The monoisotopic (exact) mass is 336 g/mol. The van der Waals surface area contributed by atoms with Crippen LogP contribution in [0.3, 0.4) is 0 Å². The van der Waals surface area contributed by atoms with Crippen molar-refractivity contribution in [1.29, 1.82) is 0 Å². The summed E-state index contributed by atoms with van der Waals surface area (Å²) in [5, 5.41) is 11.6. The molecule has 24 heavy (non-hydrogen) atoms. The second kappa shape index (κ2) is 7.33. The fourth-order valence-corrected chi connectivity index (χ4v) is 2.35. The van der Waals surface area contributed by atoms with E-state index >= 15 is 0 Å². The third-order valence-electron chi connectivity index (χ3n) is 3.45. The number of nitrogens with two attached hydrogens (primary N) is 1. The normalized spacial score (nSPS) is 16.7. The van der Waals surface area contributed by atoms with Crippen LogP contribution < -0.4 is 10.6 Å². The highest BCUT2D eigenvalue weighted by Gasteiger charge is 2.25. The molecule has 1 amide bonds. The van der Waals surface area contributed by atoms with Gasteiger partial charge in [-0.3, -0.25) is 0 Å². The summed E-state index contributed by atoms with van der Waals surface area (Å²) in [7, 11) is 0. The lowest BCUT2D eigenvalue weighted by Crippen LogP contribution is -2.39. The van der Waals surface area contributed by atoms with E-state index in [0.29, 0.717) is 25.5 Å². The van der Waals surface area contributed by atoms with Crippen LogP contribution in [0.25, 0.3) is 0 Å². The van der Waals surface area contributed by atoms with E-state index in [-0.39, 0.29) is 17.8 Å². The molecule has 2 rings (SSSR count). The van der Waals surface area contributed by atoms with Gasteiger partial charge in [0.1, 0.15) is 11.4 Å². The largest absolute Gasteiger partial charge is 0.444 e. The van der Waals surface area contributed by atoms with Gasteiger partial charge >= 0.3 is 6.09 Å². The first-order valence-electron chi connectivity index (χ1n) is 7.84. The third-order valence-corrected chi connectivity index (χ3v) is 3.45. The highest BCUT2D eigenvalue weighted by Crippen LogP contribution is 2.16. The van der Waals surface area contributed by atoms with Crippen LogP contribution in [0.4, 0.5) is 10.6 Å². The van der Waals surface area contributed by atoms with Crippen LogP contribution in [0.1, 0.15) is 33.0 Å². The summed E-state index contributed by atoms with van der Waals surface area (Å²) in [5.41, 5.74) is 5.02. The molecule has 3 N–H and O–H groups in total. The molecule has 0 aliphatic carbocycles. The fourth-order valence-electron chi connectivity index (χ4n) is 2.35. The summed E-state index contributed by atoms with van der Waals surface area (Å²) in [5.74, 6) is 0.711. The van der Waals surface area contributed by atoms with E-state index in [0.717, 1.165) is 13.0 Å². The Kier molecular flexibility index (Phi) is 5.42. The number of anilines is 1. The van der Waals surface area contributed by atoms with Crippen molar-refractivity contribution in [3.63, 3.8) is 0 Å². The molecule has 132 valence electrons. The minimum Gasteiger partial charge on any atom is -0.444 e. The molecule has 1 aliphatic heterocycles. The minimum atomic E-state index is -0.508. The lowest BCUT2D eigenvalue weighted by molar-refractivity contribution is 0.0263. The van der Waals surface area contributed by atoms with Crippen LogP contribution in [0, 0.1) is 0 Å². The van der Waals surface area contributed by atoms with Crippen LogP contribution in [-0.2, 0) is 4.74 Å². The number of carbonyl (C=O) groups is 1. The standard InChI is InChI=1S/C15H24N6O3/c1-15(2,3)24-14(22)21-8-4-7-20(9-10-21)11-5-6-17-13(18-11)12(16)19-23/h5-6,23H,4,7-10H2,1-3H3,(H2,16,19). The predicted molar refractivity (Wildman–Crippen MR) is 89.2 cm³/mol. The number of amides is 1. The number of nitrogens with zero attached hydrogens (tertiary/aromatic N) is 5. The second-order valence-corrected chi connectivity index (χ2v) is 6.53.